The van der Waals surface area contributed by atoms with Crippen LogP contribution in [0.4, 0.5) is 5.69 Å². The van der Waals surface area contributed by atoms with Crippen LogP contribution in [0.5, 0.6) is 5.75 Å². The zero-order chi connectivity index (χ0) is 19.9. The zero-order valence-electron chi connectivity index (χ0n) is 15.8. The van der Waals surface area contributed by atoms with Gasteiger partial charge in [-0.3, -0.25) is 5.43 Å². The minimum Gasteiger partial charge on any atom is -0.489 e. The van der Waals surface area contributed by atoms with E-state index in [0.717, 1.165) is 11.3 Å². The Kier molecular flexibility index (Phi) is 6.07. The van der Waals surface area contributed by atoms with Crippen molar-refractivity contribution in [1.29, 1.82) is 0 Å². The molecule has 0 amide bonds. The van der Waals surface area contributed by atoms with E-state index in [1.54, 1.807) is 24.4 Å². The minimum absolute atomic E-state index is 0.176. The Bertz CT molecular complexity index is 995. The third-order valence-electron chi connectivity index (χ3n) is 4.34. The topological polar surface area (TPSA) is 70.9 Å². The van der Waals surface area contributed by atoms with Crippen LogP contribution in [0.25, 0.3) is 0 Å². The van der Waals surface area contributed by atoms with Gasteiger partial charge >= 0.3 is 5.97 Å². The summed E-state index contributed by atoms with van der Waals surface area (Å²) in [6.07, 6.45) is 1.63. The highest BCUT2D eigenvalue weighted by atomic mass is 16.5. The van der Waals surface area contributed by atoms with Gasteiger partial charge in [0, 0.05) is 0 Å². The average molecular weight is 374 g/mol. The number of rotatable bonds is 7. The number of nitrogens with zero attached hydrogens (tertiary/aromatic N) is 1. The Hall–Kier alpha value is -3.60. The smallest absolute Gasteiger partial charge is 0.337 e. The molecule has 0 aliphatic rings. The monoisotopic (exact) mass is 374 g/mol. The predicted molar refractivity (Wildman–Crippen MR) is 111 cm³/mol. The summed E-state index contributed by atoms with van der Waals surface area (Å²) < 4.78 is 5.87. The number of aryl methyl sites for hydroxylation is 2. The van der Waals surface area contributed by atoms with Crippen LogP contribution in [0, 0.1) is 13.8 Å². The van der Waals surface area contributed by atoms with Gasteiger partial charge in [-0.2, -0.15) is 5.10 Å². The number of anilines is 1. The van der Waals surface area contributed by atoms with E-state index in [4.69, 9.17) is 4.74 Å². The lowest BCUT2D eigenvalue weighted by atomic mass is 10.1. The summed E-state index contributed by atoms with van der Waals surface area (Å²) >= 11 is 0. The molecule has 2 N–H and O–H groups in total. The third kappa shape index (κ3) is 4.98. The van der Waals surface area contributed by atoms with Crippen LogP contribution in [0.3, 0.4) is 0 Å². The van der Waals surface area contributed by atoms with E-state index in [2.05, 4.69) is 42.6 Å². The molecule has 0 aliphatic carbocycles. The number of nitrogens with one attached hydrogen (secondary N) is 1. The Morgan fingerprint density at radius 2 is 1.82 bits per heavy atom. The number of hydrogen-bond donors (Lipinski definition) is 2. The molecule has 3 aromatic carbocycles. The summed E-state index contributed by atoms with van der Waals surface area (Å²) in [4.78, 5) is 11.2. The summed E-state index contributed by atoms with van der Waals surface area (Å²) in [7, 11) is 0. The maximum Gasteiger partial charge on any atom is 0.337 e. The van der Waals surface area contributed by atoms with Crippen LogP contribution in [0.15, 0.2) is 71.8 Å². The molecule has 0 fully saturated rings. The summed E-state index contributed by atoms with van der Waals surface area (Å²) in [5.41, 5.74) is 7.87. The standard InChI is InChI=1S/C23H22N2O3/c1-16-7-8-17(2)19(13-16)15-28-20-11-9-18(10-12-20)14-24-25-22-6-4-3-5-21(22)23(26)27/h3-14,25H,15H2,1-2H3,(H,26,27). The molecular weight excluding hydrogens is 352 g/mol. The number of ether oxygens (including phenoxy) is 1. The second-order valence-corrected chi connectivity index (χ2v) is 6.51. The van der Waals surface area contributed by atoms with Crippen molar-refractivity contribution in [2.75, 3.05) is 5.43 Å². The molecule has 5 nitrogen and oxygen atoms in total. The Morgan fingerprint density at radius 3 is 2.57 bits per heavy atom. The maximum atomic E-state index is 11.2. The van der Waals surface area contributed by atoms with Crippen molar-refractivity contribution in [2.24, 2.45) is 5.10 Å². The van der Waals surface area contributed by atoms with Gasteiger partial charge in [-0.05, 0) is 66.9 Å². The van der Waals surface area contributed by atoms with Gasteiger partial charge in [0.25, 0.3) is 0 Å². The molecule has 0 spiro atoms. The molecule has 3 aromatic rings. The predicted octanol–water partition coefficient (Wildman–Crippen LogP) is 5.03. The third-order valence-corrected chi connectivity index (χ3v) is 4.34. The number of carboxylic acids is 1. The molecule has 0 bridgehead atoms. The molecule has 0 saturated heterocycles. The van der Waals surface area contributed by atoms with E-state index in [1.807, 2.05) is 24.3 Å². The van der Waals surface area contributed by atoms with E-state index >= 15 is 0 Å². The molecule has 0 aromatic heterocycles. The Labute approximate surface area is 164 Å². The van der Waals surface area contributed by atoms with Gasteiger partial charge in [-0.25, -0.2) is 4.79 Å². The normalized spacial score (nSPS) is 10.8. The molecule has 0 saturated carbocycles. The van der Waals surface area contributed by atoms with Gasteiger partial charge in [0.1, 0.15) is 12.4 Å². The van der Waals surface area contributed by atoms with E-state index in [0.29, 0.717) is 12.3 Å². The zero-order valence-corrected chi connectivity index (χ0v) is 15.8. The first-order chi connectivity index (χ1) is 13.5. The first kappa shape index (κ1) is 19.2. The number of hydrogen-bond acceptors (Lipinski definition) is 4. The van der Waals surface area contributed by atoms with Gasteiger partial charge in [-0.1, -0.05) is 35.9 Å². The Balaban J connectivity index is 1.59. The fourth-order valence-corrected chi connectivity index (χ4v) is 2.71. The Morgan fingerprint density at radius 1 is 1.07 bits per heavy atom. The number of benzene rings is 3. The van der Waals surface area contributed by atoms with Crippen LogP contribution in [0.2, 0.25) is 0 Å². The van der Waals surface area contributed by atoms with Gasteiger partial charge in [0.05, 0.1) is 17.5 Å². The van der Waals surface area contributed by atoms with Gasteiger partial charge in [-0.15, -0.1) is 0 Å². The molecular formula is C23H22N2O3. The lowest BCUT2D eigenvalue weighted by Gasteiger charge is -2.10. The number of hydrazone groups is 1. The van der Waals surface area contributed by atoms with Gasteiger partial charge in [0.15, 0.2) is 0 Å². The van der Waals surface area contributed by atoms with Crippen LogP contribution in [0.1, 0.15) is 32.6 Å². The average Bonchev–Trinajstić information content (AvgIpc) is 2.70. The first-order valence-electron chi connectivity index (χ1n) is 8.93. The van der Waals surface area contributed by atoms with Crippen molar-refractivity contribution in [1.82, 2.24) is 0 Å². The largest absolute Gasteiger partial charge is 0.489 e. The first-order valence-corrected chi connectivity index (χ1v) is 8.93. The molecule has 0 heterocycles. The van der Waals surface area contributed by atoms with Crippen LogP contribution < -0.4 is 10.2 Å². The minimum atomic E-state index is -0.997. The summed E-state index contributed by atoms with van der Waals surface area (Å²) in [6, 6.07) is 20.5. The quantitative estimate of drug-likeness (QED) is 0.450. The van der Waals surface area contributed by atoms with Crippen molar-refractivity contribution in [3.8, 4) is 5.75 Å². The van der Waals surface area contributed by atoms with Crippen LogP contribution in [-0.4, -0.2) is 17.3 Å². The van der Waals surface area contributed by atoms with E-state index in [9.17, 15) is 9.90 Å². The van der Waals surface area contributed by atoms with E-state index in [-0.39, 0.29) is 5.56 Å². The van der Waals surface area contributed by atoms with E-state index in [1.165, 1.54) is 22.8 Å². The van der Waals surface area contributed by atoms with Gasteiger partial charge in [0.2, 0.25) is 0 Å². The van der Waals surface area contributed by atoms with Crippen molar-refractivity contribution in [3.05, 3.63) is 94.5 Å². The molecule has 28 heavy (non-hydrogen) atoms. The second-order valence-electron chi connectivity index (χ2n) is 6.51. The molecule has 0 atom stereocenters. The molecule has 0 aliphatic heterocycles. The van der Waals surface area contributed by atoms with Crippen molar-refractivity contribution < 1.29 is 14.6 Å². The number of carboxylic acid groups (broad SMARTS) is 1. The molecule has 0 unspecified atom stereocenters. The number of para-hydroxylation sites is 1. The lowest BCUT2D eigenvalue weighted by Crippen LogP contribution is -2.02. The van der Waals surface area contributed by atoms with E-state index < -0.39 is 5.97 Å². The van der Waals surface area contributed by atoms with Crippen molar-refractivity contribution in [3.63, 3.8) is 0 Å². The lowest BCUT2D eigenvalue weighted by molar-refractivity contribution is 0.0698. The molecule has 5 heteroatoms. The SMILES string of the molecule is Cc1ccc(C)c(COc2ccc(C=NNc3ccccc3C(=O)O)cc2)c1. The second kappa shape index (κ2) is 8.86. The number of aromatic carboxylic acids is 1. The van der Waals surface area contributed by atoms with Gasteiger partial charge < -0.3 is 9.84 Å². The molecule has 3 rings (SSSR count). The maximum absolute atomic E-state index is 11.2. The molecule has 142 valence electrons. The fourth-order valence-electron chi connectivity index (χ4n) is 2.71. The highest BCUT2D eigenvalue weighted by molar-refractivity contribution is 5.94. The summed E-state index contributed by atoms with van der Waals surface area (Å²) in [5.74, 6) is -0.217. The molecule has 0 radical (unpaired) electrons. The number of carbonyl (C=O) groups is 1. The van der Waals surface area contributed by atoms with Crippen molar-refractivity contribution >= 4 is 17.9 Å². The highest BCUT2D eigenvalue weighted by Gasteiger charge is 2.07. The van der Waals surface area contributed by atoms with Crippen LogP contribution in [-0.2, 0) is 6.61 Å². The highest BCUT2D eigenvalue weighted by Crippen LogP contribution is 2.17. The van der Waals surface area contributed by atoms with Crippen LogP contribution >= 0.6 is 0 Å². The summed E-state index contributed by atoms with van der Waals surface area (Å²) in [5, 5.41) is 13.3. The van der Waals surface area contributed by atoms with Crippen molar-refractivity contribution in [2.45, 2.75) is 20.5 Å². The fraction of sp³-hybridized carbons (Fsp3) is 0.130. The summed E-state index contributed by atoms with van der Waals surface area (Å²) in [6.45, 7) is 4.67.